The highest BCUT2D eigenvalue weighted by molar-refractivity contribution is 7.14. The molecule has 0 saturated carbocycles. The number of fused-ring (bicyclic) bond motifs is 1. The Balaban J connectivity index is 1.62. The van der Waals surface area contributed by atoms with Crippen molar-refractivity contribution in [3.8, 4) is 0 Å². The van der Waals surface area contributed by atoms with Gasteiger partial charge in [-0.2, -0.15) is 0 Å². The second-order valence-electron chi connectivity index (χ2n) is 5.82. The molecule has 3 N–H and O–H groups in total. The molecule has 2 aromatic heterocycles. The summed E-state index contributed by atoms with van der Waals surface area (Å²) in [6, 6.07) is 4.60. The van der Waals surface area contributed by atoms with Gasteiger partial charge in [-0.25, -0.2) is 0 Å². The van der Waals surface area contributed by atoms with Crippen LogP contribution in [0.1, 0.15) is 56.2 Å². The Kier molecular flexibility index (Phi) is 5.10. The number of aromatic nitrogens is 1. The summed E-state index contributed by atoms with van der Waals surface area (Å²) in [5, 5.41) is 0. The van der Waals surface area contributed by atoms with E-state index < -0.39 is 5.91 Å². The van der Waals surface area contributed by atoms with E-state index in [-0.39, 0.29) is 17.0 Å². The van der Waals surface area contributed by atoms with Gasteiger partial charge in [-0.1, -0.05) is 12.8 Å². The van der Waals surface area contributed by atoms with Crippen LogP contribution >= 0.6 is 11.3 Å². The fourth-order valence-corrected chi connectivity index (χ4v) is 3.90. The van der Waals surface area contributed by atoms with Gasteiger partial charge in [-0.05, 0) is 43.4 Å². The van der Waals surface area contributed by atoms with Crippen molar-refractivity contribution in [1.29, 1.82) is 0 Å². The van der Waals surface area contributed by atoms with Crippen molar-refractivity contribution in [2.75, 3.05) is 0 Å². The lowest BCUT2D eigenvalue weighted by atomic mass is 10.00. The summed E-state index contributed by atoms with van der Waals surface area (Å²) in [5.74, 6) is -0.793. The lowest BCUT2D eigenvalue weighted by Crippen LogP contribution is -2.41. The first kappa shape index (κ1) is 16.4. The number of hydrogen-bond acceptors (Lipinski definition) is 4. The molecule has 2 amide bonds. The Labute approximate surface area is 143 Å². The van der Waals surface area contributed by atoms with Crippen LogP contribution in [-0.4, -0.2) is 16.8 Å². The van der Waals surface area contributed by atoms with Crippen molar-refractivity contribution in [1.82, 2.24) is 15.8 Å². The maximum atomic E-state index is 12.3. The van der Waals surface area contributed by atoms with E-state index in [9.17, 15) is 14.4 Å². The molecule has 0 aromatic carbocycles. The van der Waals surface area contributed by atoms with Crippen LogP contribution in [-0.2, 0) is 12.8 Å². The molecule has 2 heterocycles. The monoisotopic (exact) mass is 345 g/mol. The number of carbonyl (C=O) groups excluding carboxylic acids is 2. The van der Waals surface area contributed by atoms with Gasteiger partial charge in [-0.3, -0.25) is 25.2 Å². The summed E-state index contributed by atoms with van der Waals surface area (Å²) in [5.41, 5.74) is 6.05. The number of aromatic amines is 1. The maximum absolute atomic E-state index is 12.3. The van der Waals surface area contributed by atoms with Gasteiger partial charge in [0.25, 0.3) is 11.8 Å². The minimum atomic E-state index is -0.477. The molecule has 24 heavy (non-hydrogen) atoms. The number of carbonyl (C=O) groups is 2. The minimum Gasteiger partial charge on any atom is -0.328 e. The van der Waals surface area contributed by atoms with E-state index in [0.29, 0.717) is 4.88 Å². The molecule has 2 aromatic rings. The van der Waals surface area contributed by atoms with Gasteiger partial charge in [0, 0.05) is 17.1 Å². The molecule has 0 fully saturated rings. The largest absolute Gasteiger partial charge is 0.328 e. The number of aryl methyl sites for hydroxylation is 2. The third kappa shape index (κ3) is 3.91. The normalized spacial score (nSPS) is 14.2. The lowest BCUT2D eigenvalue weighted by Gasteiger charge is -2.07. The summed E-state index contributed by atoms with van der Waals surface area (Å²) < 4.78 is 0. The summed E-state index contributed by atoms with van der Waals surface area (Å²) >= 11 is 1.50. The van der Waals surface area contributed by atoms with Crippen LogP contribution in [0, 0.1) is 0 Å². The third-order valence-corrected chi connectivity index (χ3v) is 5.29. The molecule has 7 heteroatoms. The van der Waals surface area contributed by atoms with Crippen LogP contribution in [0.2, 0.25) is 0 Å². The van der Waals surface area contributed by atoms with Gasteiger partial charge in [-0.15, -0.1) is 11.3 Å². The Morgan fingerprint density at radius 3 is 2.50 bits per heavy atom. The van der Waals surface area contributed by atoms with Crippen LogP contribution in [0.5, 0.6) is 0 Å². The van der Waals surface area contributed by atoms with Crippen molar-refractivity contribution in [3.63, 3.8) is 0 Å². The second kappa shape index (κ2) is 7.44. The Morgan fingerprint density at radius 1 is 1.00 bits per heavy atom. The van der Waals surface area contributed by atoms with Gasteiger partial charge >= 0.3 is 0 Å². The molecule has 0 bridgehead atoms. The standard InChI is InChI=1S/C17H19N3O3S/c21-15-8-7-12(10-18-15)16(22)19-20-17(23)14-9-11-5-3-1-2-4-6-13(11)24-14/h7-10H,1-6H2,(H,18,21)(H,19,22)(H,20,23). The van der Waals surface area contributed by atoms with Gasteiger partial charge < -0.3 is 4.98 Å². The number of hydrazine groups is 1. The number of pyridine rings is 1. The molecule has 1 aliphatic carbocycles. The first-order valence-corrected chi connectivity index (χ1v) is 8.86. The highest BCUT2D eigenvalue weighted by atomic mass is 32.1. The topological polar surface area (TPSA) is 91.1 Å². The number of amides is 2. The molecular formula is C17H19N3O3S. The average molecular weight is 345 g/mol. The van der Waals surface area contributed by atoms with E-state index in [1.165, 1.54) is 52.9 Å². The molecule has 1 aliphatic rings. The Bertz CT molecular complexity index is 764. The Morgan fingerprint density at radius 2 is 1.75 bits per heavy atom. The number of rotatable bonds is 2. The van der Waals surface area contributed by atoms with Gasteiger partial charge in [0.05, 0.1) is 10.4 Å². The number of hydrogen-bond donors (Lipinski definition) is 3. The smallest absolute Gasteiger partial charge is 0.279 e. The molecule has 0 unspecified atom stereocenters. The van der Waals surface area contributed by atoms with Crippen molar-refractivity contribution in [2.24, 2.45) is 0 Å². The van der Waals surface area contributed by atoms with Crippen LogP contribution in [0.15, 0.2) is 29.2 Å². The molecule has 126 valence electrons. The Hall–Kier alpha value is -2.41. The minimum absolute atomic E-state index is 0.272. The molecular weight excluding hydrogens is 326 g/mol. The van der Waals surface area contributed by atoms with Gasteiger partial charge in [0.2, 0.25) is 5.56 Å². The number of nitrogens with one attached hydrogen (secondary N) is 3. The fourth-order valence-electron chi connectivity index (χ4n) is 2.76. The molecule has 0 spiro atoms. The lowest BCUT2D eigenvalue weighted by molar-refractivity contribution is 0.0848. The molecule has 3 rings (SSSR count). The van der Waals surface area contributed by atoms with Crippen LogP contribution < -0.4 is 16.4 Å². The molecule has 0 atom stereocenters. The van der Waals surface area contributed by atoms with E-state index >= 15 is 0 Å². The van der Waals surface area contributed by atoms with E-state index in [4.69, 9.17) is 0 Å². The third-order valence-electron chi connectivity index (χ3n) is 4.06. The zero-order chi connectivity index (χ0) is 16.9. The number of thiophene rings is 1. The predicted octanol–water partition coefficient (Wildman–Crippen LogP) is 2.17. The van der Waals surface area contributed by atoms with Crippen LogP contribution in [0.25, 0.3) is 0 Å². The first-order chi connectivity index (χ1) is 11.6. The van der Waals surface area contributed by atoms with Crippen molar-refractivity contribution < 1.29 is 9.59 Å². The van der Waals surface area contributed by atoms with Crippen LogP contribution in [0.4, 0.5) is 0 Å². The quantitative estimate of drug-likeness (QED) is 0.729. The average Bonchev–Trinajstić information content (AvgIpc) is 2.95. The second-order valence-corrected chi connectivity index (χ2v) is 6.96. The summed E-state index contributed by atoms with van der Waals surface area (Å²) in [7, 11) is 0. The van der Waals surface area contributed by atoms with Crippen molar-refractivity contribution >= 4 is 23.2 Å². The zero-order valence-electron chi connectivity index (χ0n) is 13.2. The van der Waals surface area contributed by atoms with Crippen molar-refractivity contribution in [3.05, 3.63) is 55.6 Å². The highest BCUT2D eigenvalue weighted by Gasteiger charge is 2.16. The SMILES string of the molecule is O=C(NNC(=O)c1cc2c(s1)CCCCCC2)c1ccc(=O)[nH]c1. The molecule has 6 nitrogen and oxygen atoms in total. The van der Waals surface area contributed by atoms with E-state index in [2.05, 4.69) is 15.8 Å². The predicted molar refractivity (Wildman–Crippen MR) is 92.2 cm³/mol. The number of H-pyrrole nitrogens is 1. The van der Waals surface area contributed by atoms with E-state index in [1.54, 1.807) is 0 Å². The molecule has 0 saturated heterocycles. The first-order valence-electron chi connectivity index (χ1n) is 8.04. The van der Waals surface area contributed by atoms with Gasteiger partial charge in [0.15, 0.2) is 0 Å². The molecule has 0 radical (unpaired) electrons. The zero-order valence-corrected chi connectivity index (χ0v) is 14.0. The maximum Gasteiger partial charge on any atom is 0.279 e. The fraction of sp³-hybridized carbons (Fsp3) is 0.353. The van der Waals surface area contributed by atoms with E-state index in [1.807, 2.05) is 6.07 Å². The summed E-state index contributed by atoms with van der Waals surface area (Å²) in [4.78, 5) is 39.5. The van der Waals surface area contributed by atoms with E-state index in [0.717, 1.165) is 25.7 Å². The highest BCUT2D eigenvalue weighted by Crippen LogP contribution is 2.28. The van der Waals surface area contributed by atoms with Gasteiger partial charge in [0.1, 0.15) is 0 Å². The summed E-state index contributed by atoms with van der Waals surface area (Å²) in [6.45, 7) is 0. The van der Waals surface area contributed by atoms with Crippen LogP contribution in [0.3, 0.4) is 0 Å². The molecule has 0 aliphatic heterocycles. The van der Waals surface area contributed by atoms with Crippen molar-refractivity contribution in [2.45, 2.75) is 38.5 Å². The summed E-state index contributed by atoms with van der Waals surface area (Å²) in [6.07, 6.45) is 8.16.